The summed E-state index contributed by atoms with van der Waals surface area (Å²) in [7, 11) is 0. The van der Waals surface area contributed by atoms with Gasteiger partial charge in [-0.05, 0) is 25.3 Å². The molecule has 0 unspecified atom stereocenters. The number of aryl methyl sites for hydroxylation is 3. The van der Waals surface area contributed by atoms with E-state index >= 15 is 0 Å². The van der Waals surface area contributed by atoms with Crippen LogP contribution in [0.2, 0.25) is 0 Å². The molecule has 7 nitrogen and oxygen atoms in total. The molecule has 26 heavy (non-hydrogen) atoms. The summed E-state index contributed by atoms with van der Waals surface area (Å²) in [5.74, 6) is 0.676. The van der Waals surface area contributed by atoms with Gasteiger partial charge in [-0.15, -0.1) is 0 Å². The molecule has 0 fully saturated rings. The topological polar surface area (TPSA) is 90.0 Å². The molecule has 3 rings (SSSR count). The van der Waals surface area contributed by atoms with Gasteiger partial charge < -0.3 is 9.84 Å². The molecule has 0 aliphatic carbocycles. The number of rotatable bonds is 6. The number of aromatic nitrogens is 3. The van der Waals surface area contributed by atoms with Crippen molar-refractivity contribution in [2.75, 3.05) is 6.54 Å². The molecule has 1 N–H and O–H groups in total. The van der Waals surface area contributed by atoms with Gasteiger partial charge in [-0.3, -0.25) is 9.59 Å². The SMILES string of the molecule is Cc1nn(CCC(=O)NC[C@@H](C)c2ccccc2)c(=O)c2noc(C)c12. The molecule has 2 aromatic heterocycles. The first-order valence-electron chi connectivity index (χ1n) is 8.62. The quantitative estimate of drug-likeness (QED) is 0.734. The second-order valence-corrected chi connectivity index (χ2v) is 6.44. The summed E-state index contributed by atoms with van der Waals surface area (Å²) in [6.07, 6.45) is 0.177. The third-order valence-corrected chi connectivity index (χ3v) is 4.46. The van der Waals surface area contributed by atoms with Crippen LogP contribution in [0.1, 0.15) is 36.3 Å². The van der Waals surface area contributed by atoms with Gasteiger partial charge >= 0.3 is 0 Å². The number of nitrogens with one attached hydrogen (secondary N) is 1. The summed E-state index contributed by atoms with van der Waals surface area (Å²) in [4.78, 5) is 24.5. The minimum atomic E-state index is -0.340. The van der Waals surface area contributed by atoms with Crippen LogP contribution in [0.3, 0.4) is 0 Å². The van der Waals surface area contributed by atoms with E-state index < -0.39 is 0 Å². The van der Waals surface area contributed by atoms with Gasteiger partial charge in [0.1, 0.15) is 5.76 Å². The number of nitrogens with zero attached hydrogens (tertiary/aromatic N) is 3. The van der Waals surface area contributed by atoms with E-state index in [9.17, 15) is 9.59 Å². The Labute approximate surface area is 151 Å². The largest absolute Gasteiger partial charge is 0.360 e. The summed E-state index contributed by atoms with van der Waals surface area (Å²) >= 11 is 0. The minimum Gasteiger partial charge on any atom is -0.360 e. The fourth-order valence-electron chi connectivity index (χ4n) is 2.96. The predicted molar refractivity (Wildman–Crippen MR) is 98.0 cm³/mol. The number of carbonyl (C=O) groups is 1. The Hall–Kier alpha value is -2.96. The van der Waals surface area contributed by atoms with Gasteiger partial charge in [0, 0.05) is 13.0 Å². The van der Waals surface area contributed by atoms with Crippen LogP contribution >= 0.6 is 0 Å². The zero-order valence-electron chi connectivity index (χ0n) is 15.2. The molecule has 0 saturated carbocycles. The van der Waals surface area contributed by atoms with E-state index in [0.717, 1.165) is 0 Å². The highest BCUT2D eigenvalue weighted by Gasteiger charge is 2.15. The van der Waals surface area contributed by atoms with Crippen LogP contribution in [0, 0.1) is 13.8 Å². The molecule has 0 saturated heterocycles. The first kappa shape index (κ1) is 17.8. The standard InChI is InChI=1S/C19H22N4O3/c1-12(15-7-5-4-6-8-15)11-20-16(24)9-10-23-19(25)18-17(13(2)21-23)14(3)26-22-18/h4-8,12H,9-11H2,1-3H3,(H,20,24)/t12-/m1/s1. The molecule has 3 aromatic rings. The Morgan fingerprint density at radius 3 is 2.73 bits per heavy atom. The normalized spacial score (nSPS) is 12.3. The fourth-order valence-corrected chi connectivity index (χ4v) is 2.96. The highest BCUT2D eigenvalue weighted by Crippen LogP contribution is 2.16. The van der Waals surface area contributed by atoms with Crippen molar-refractivity contribution in [3.8, 4) is 0 Å². The highest BCUT2D eigenvalue weighted by atomic mass is 16.5. The lowest BCUT2D eigenvalue weighted by atomic mass is 10.0. The van der Waals surface area contributed by atoms with E-state index in [4.69, 9.17) is 4.52 Å². The summed E-state index contributed by atoms with van der Waals surface area (Å²) in [5.41, 5.74) is 1.76. The number of fused-ring (bicyclic) bond motifs is 1. The Morgan fingerprint density at radius 2 is 2.00 bits per heavy atom. The van der Waals surface area contributed by atoms with E-state index in [1.54, 1.807) is 13.8 Å². The summed E-state index contributed by atoms with van der Waals surface area (Å²) in [6, 6.07) is 10.0. The van der Waals surface area contributed by atoms with Gasteiger partial charge in [-0.2, -0.15) is 5.10 Å². The lowest BCUT2D eigenvalue weighted by Crippen LogP contribution is -2.31. The molecule has 7 heteroatoms. The zero-order chi connectivity index (χ0) is 18.7. The van der Waals surface area contributed by atoms with Gasteiger partial charge in [0.2, 0.25) is 5.91 Å². The molecular formula is C19H22N4O3. The number of amides is 1. The molecule has 0 bridgehead atoms. The van der Waals surface area contributed by atoms with Crippen LogP contribution in [0.5, 0.6) is 0 Å². The lowest BCUT2D eigenvalue weighted by molar-refractivity contribution is -0.121. The van der Waals surface area contributed by atoms with Crippen molar-refractivity contribution in [1.29, 1.82) is 0 Å². The second-order valence-electron chi connectivity index (χ2n) is 6.44. The van der Waals surface area contributed by atoms with Gasteiger partial charge in [-0.25, -0.2) is 4.68 Å². The number of benzene rings is 1. The zero-order valence-corrected chi connectivity index (χ0v) is 15.2. The molecule has 0 aliphatic rings. The molecule has 0 aliphatic heterocycles. The Balaban J connectivity index is 1.60. The van der Waals surface area contributed by atoms with E-state index in [1.165, 1.54) is 10.2 Å². The minimum absolute atomic E-state index is 0.115. The average molecular weight is 354 g/mol. The maximum atomic E-state index is 12.4. The first-order chi connectivity index (χ1) is 12.5. The van der Waals surface area contributed by atoms with Crippen molar-refractivity contribution in [3.63, 3.8) is 0 Å². The predicted octanol–water partition coefficient (Wildman–Crippen LogP) is 2.31. The fraction of sp³-hybridized carbons (Fsp3) is 0.368. The van der Waals surface area contributed by atoms with E-state index in [0.29, 0.717) is 23.4 Å². The van der Waals surface area contributed by atoms with E-state index in [1.807, 2.05) is 30.3 Å². The van der Waals surface area contributed by atoms with Crippen LogP contribution in [-0.4, -0.2) is 27.4 Å². The molecule has 1 amide bonds. The third kappa shape index (κ3) is 3.66. The summed E-state index contributed by atoms with van der Waals surface area (Å²) in [6.45, 7) is 6.35. The third-order valence-electron chi connectivity index (χ3n) is 4.46. The molecule has 0 radical (unpaired) electrons. The van der Waals surface area contributed by atoms with Gasteiger partial charge in [0.05, 0.1) is 17.6 Å². The molecule has 1 atom stereocenters. The van der Waals surface area contributed by atoms with Crippen LogP contribution in [-0.2, 0) is 11.3 Å². The average Bonchev–Trinajstić information content (AvgIpc) is 3.04. The molecule has 2 heterocycles. The second kappa shape index (κ2) is 7.51. The van der Waals surface area contributed by atoms with Crippen LogP contribution in [0.4, 0.5) is 0 Å². The van der Waals surface area contributed by atoms with Gasteiger partial charge in [-0.1, -0.05) is 42.4 Å². The summed E-state index contributed by atoms with van der Waals surface area (Å²) < 4.78 is 6.36. The number of hydrogen-bond acceptors (Lipinski definition) is 5. The van der Waals surface area contributed by atoms with Crippen molar-refractivity contribution in [2.24, 2.45) is 0 Å². The molecule has 0 spiro atoms. The molecule has 1 aromatic carbocycles. The van der Waals surface area contributed by atoms with Crippen molar-refractivity contribution in [2.45, 2.75) is 39.7 Å². The van der Waals surface area contributed by atoms with Crippen LogP contribution < -0.4 is 10.9 Å². The number of carbonyl (C=O) groups excluding carboxylic acids is 1. The van der Waals surface area contributed by atoms with E-state index in [-0.39, 0.29) is 35.9 Å². The highest BCUT2D eigenvalue weighted by molar-refractivity contribution is 5.81. The Bertz CT molecular complexity index is 976. The Morgan fingerprint density at radius 1 is 1.27 bits per heavy atom. The van der Waals surface area contributed by atoms with Crippen molar-refractivity contribution in [3.05, 3.63) is 57.7 Å². The van der Waals surface area contributed by atoms with Gasteiger partial charge in [0.15, 0.2) is 5.52 Å². The number of hydrogen-bond donors (Lipinski definition) is 1. The van der Waals surface area contributed by atoms with Crippen LogP contribution in [0.15, 0.2) is 39.6 Å². The van der Waals surface area contributed by atoms with Crippen molar-refractivity contribution < 1.29 is 9.32 Å². The molecular weight excluding hydrogens is 332 g/mol. The van der Waals surface area contributed by atoms with Crippen molar-refractivity contribution >= 4 is 16.8 Å². The lowest BCUT2D eigenvalue weighted by Gasteiger charge is -2.13. The summed E-state index contributed by atoms with van der Waals surface area (Å²) in [5, 5.41) is 11.6. The van der Waals surface area contributed by atoms with Crippen LogP contribution in [0.25, 0.3) is 10.9 Å². The maximum absolute atomic E-state index is 12.4. The van der Waals surface area contributed by atoms with E-state index in [2.05, 4.69) is 22.5 Å². The van der Waals surface area contributed by atoms with Crippen molar-refractivity contribution in [1.82, 2.24) is 20.3 Å². The maximum Gasteiger partial charge on any atom is 0.296 e. The smallest absolute Gasteiger partial charge is 0.296 e. The molecule has 136 valence electrons. The van der Waals surface area contributed by atoms with Gasteiger partial charge in [0.25, 0.3) is 5.56 Å². The first-order valence-corrected chi connectivity index (χ1v) is 8.62. The monoisotopic (exact) mass is 354 g/mol. The Kier molecular flexibility index (Phi) is 5.16.